The second-order valence-corrected chi connectivity index (χ2v) is 6.05. The Kier molecular flexibility index (Phi) is 3.58. The summed E-state index contributed by atoms with van der Waals surface area (Å²) in [5, 5.41) is 10.3. The average Bonchev–Trinajstić information content (AvgIpc) is 2.27. The van der Waals surface area contributed by atoms with Gasteiger partial charge < -0.3 is 5.11 Å². The predicted octanol–water partition coefficient (Wildman–Crippen LogP) is 3.56. The van der Waals surface area contributed by atoms with E-state index in [9.17, 15) is 5.11 Å². The van der Waals surface area contributed by atoms with Crippen molar-refractivity contribution < 1.29 is 5.11 Å². The van der Waals surface area contributed by atoms with Gasteiger partial charge in [0, 0.05) is 5.71 Å². The molecule has 2 nitrogen and oxygen atoms in total. The standard InChI is InChI=1S/C16H23NO/c1-11(2)14-9-15(17-16(4,18)10-14)13-7-5-12(3)6-8-13/h5-8,11,14,18H,9-10H2,1-4H3. The second-order valence-electron chi connectivity index (χ2n) is 6.05. The van der Waals surface area contributed by atoms with Crippen molar-refractivity contribution in [1.82, 2.24) is 0 Å². The van der Waals surface area contributed by atoms with Crippen molar-refractivity contribution in [2.24, 2.45) is 16.8 Å². The molecule has 0 radical (unpaired) electrons. The van der Waals surface area contributed by atoms with E-state index in [1.165, 1.54) is 5.56 Å². The first-order valence-electron chi connectivity index (χ1n) is 6.75. The van der Waals surface area contributed by atoms with E-state index in [2.05, 4.69) is 50.0 Å². The zero-order valence-corrected chi connectivity index (χ0v) is 11.8. The van der Waals surface area contributed by atoms with Crippen molar-refractivity contribution in [3.8, 4) is 0 Å². The molecule has 0 aromatic heterocycles. The van der Waals surface area contributed by atoms with Crippen LogP contribution in [0.2, 0.25) is 0 Å². The first-order chi connectivity index (χ1) is 8.37. The van der Waals surface area contributed by atoms with Crippen LogP contribution in [0.25, 0.3) is 0 Å². The van der Waals surface area contributed by atoms with Crippen LogP contribution in [-0.2, 0) is 0 Å². The smallest absolute Gasteiger partial charge is 0.153 e. The second kappa shape index (κ2) is 4.85. The highest BCUT2D eigenvalue weighted by atomic mass is 16.3. The maximum Gasteiger partial charge on any atom is 0.153 e. The number of aliphatic imine (C=N–C) groups is 1. The molecule has 0 saturated heterocycles. The first kappa shape index (κ1) is 13.3. The van der Waals surface area contributed by atoms with Gasteiger partial charge in [-0.25, -0.2) is 0 Å². The zero-order chi connectivity index (χ0) is 13.3. The molecule has 98 valence electrons. The molecular weight excluding hydrogens is 222 g/mol. The fourth-order valence-electron chi connectivity index (χ4n) is 2.60. The van der Waals surface area contributed by atoms with Gasteiger partial charge in [0.05, 0.1) is 0 Å². The molecule has 1 aromatic rings. The molecule has 0 bridgehead atoms. The predicted molar refractivity (Wildman–Crippen MR) is 75.9 cm³/mol. The van der Waals surface area contributed by atoms with E-state index >= 15 is 0 Å². The summed E-state index contributed by atoms with van der Waals surface area (Å²) in [6, 6.07) is 8.41. The Hall–Kier alpha value is -1.15. The van der Waals surface area contributed by atoms with E-state index in [1.807, 2.05) is 6.92 Å². The van der Waals surface area contributed by atoms with Crippen molar-refractivity contribution in [3.05, 3.63) is 35.4 Å². The van der Waals surface area contributed by atoms with Crippen LogP contribution in [0.1, 0.15) is 44.7 Å². The summed E-state index contributed by atoms with van der Waals surface area (Å²) in [5.74, 6) is 1.08. The molecule has 1 N–H and O–H groups in total. The molecule has 1 aliphatic heterocycles. The number of hydrogen-bond acceptors (Lipinski definition) is 2. The maximum atomic E-state index is 10.3. The van der Waals surface area contributed by atoms with E-state index in [-0.39, 0.29) is 0 Å². The third-order valence-corrected chi connectivity index (χ3v) is 3.81. The summed E-state index contributed by atoms with van der Waals surface area (Å²) >= 11 is 0. The number of hydrogen-bond donors (Lipinski definition) is 1. The summed E-state index contributed by atoms with van der Waals surface area (Å²) in [5.41, 5.74) is 2.53. The van der Waals surface area contributed by atoms with E-state index in [1.54, 1.807) is 0 Å². The molecule has 2 heteroatoms. The summed E-state index contributed by atoms with van der Waals surface area (Å²) in [6.45, 7) is 8.34. The first-order valence-corrected chi connectivity index (χ1v) is 6.75. The zero-order valence-electron chi connectivity index (χ0n) is 11.8. The van der Waals surface area contributed by atoms with Crippen LogP contribution in [0.3, 0.4) is 0 Å². The summed E-state index contributed by atoms with van der Waals surface area (Å²) in [4.78, 5) is 4.52. The van der Waals surface area contributed by atoms with Crippen molar-refractivity contribution >= 4 is 5.71 Å². The fraction of sp³-hybridized carbons (Fsp3) is 0.562. The van der Waals surface area contributed by atoms with Crippen LogP contribution in [0.4, 0.5) is 0 Å². The molecule has 0 saturated carbocycles. The lowest BCUT2D eigenvalue weighted by molar-refractivity contribution is 0.0289. The van der Waals surface area contributed by atoms with Gasteiger partial charge >= 0.3 is 0 Å². The number of benzene rings is 1. The minimum absolute atomic E-state index is 0.508. The Labute approximate surface area is 110 Å². The topological polar surface area (TPSA) is 32.6 Å². The van der Waals surface area contributed by atoms with Gasteiger partial charge in [-0.1, -0.05) is 43.7 Å². The lowest BCUT2D eigenvalue weighted by Crippen LogP contribution is -2.35. The van der Waals surface area contributed by atoms with Crippen LogP contribution in [0.15, 0.2) is 29.3 Å². The van der Waals surface area contributed by atoms with Crippen LogP contribution < -0.4 is 0 Å². The molecule has 1 heterocycles. The normalized spacial score (nSPS) is 28.3. The summed E-state index contributed by atoms with van der Waals surface area (Å²) in [6.07, 6.45) is 1.73. The molecule has 2 atom stereocenters. The molecule has 0 spiro atoms. The molecule has 1 aliphatic rings. The Morgan fingerprint density at radius 3 is 2.44 bits per heavy atom. The molecule has 0 fully saturated rings. The van der Waals surface area contributed by atoms with E-state index < -0.39 is 5.72 Å². The van der Waals surface area contributed by atoms with Gasteiger partial charge in [0.1, 0.15) is 0 Å². The van der Waals surface area contributed by atoms with Gasteiger partial charge in [-0.15, -0.1) is 0 Å². The van der Waals surface area contributed by atoms with E-state index in [0.29, 0.717) is 11.8 Å². The molecule has 2 unspecified atom stereocenters. The van der Waals surface area contributed by atoms with Gasteiger partial charge in [0.25, 0.3) is 0 Å². The highest BCUT2D eigenvalue weighted by molar-refractivity contribution is 6.01. The highest BCUT2D eigenvalue weighted by Crippen LogP contribution is 2.33. The minimum Gasteiger partial charge on any atom is -0.369 e. The molecule has 1 aromatic carbocycles. The monoisotopic (exact) mass is 245 g/mol. The number of aryl methyl sites for hydroxylation is 1. The summed E-state index contributed by atoms with van der Waals surface area (Å²) in [7, 11) is 0. The average molecular weight is 245 g/mol. The van der Waals surface area contributed by atoms with Crippen molar-refractivity contribution in [2.75, 3.05) is 0 Å². The lowest BCUT2D eigenvalue weighted by atomic mass is 9.80. The minimum atomic E-state index is -0.909. The fourth-order valence-corrected chi connectivity index (χ4v) is 2.60. The SMILES string of the molecule is Cc1ccc(C2=NC(C)(O)CC(C(C)C)C2)cc1. The largest absolute Gasteiger partial charge is 0.369 e. The van der Waals surface area contributed by atoms with Gasteiger partial charge in [0.15, 0.2) is 5.72 Å². The molecule has 18 heavy (non-hydrogen) atoms. The van der Waals surface area contributed by atoms with Gasteiger partial charge in [-0.3, -0.25) is 4.99 Å². The van der Waals surface area contributed by atoms with Gasteiger partial charge in [0.2, 0.25) is 0 Å². The Balaban J connectivity index is 2.31. The van der Waals surface area contributed by atoms with Crippen molar-refractivity contribution in [2.45, 2.75) is 46.3 Å². The number of nitrogens with zero attached hydrogens (tertiary/aromatic N) is 1. The highest BCUT2D eigenvalue weighted by Gasteiger charge is 2.32. The van der Waals surface area contributed by atoms with Crippen LogP contribution >= 0.6 is 0 Å². The lowest BCUT2D eigenvalue weighted by Gasteiger charge is -2.34. The molecule has 0 amide bonds. The van der Waals surface area contributed by atoms with Crippen LogP contribution in [0.5, 0.6) is 0 Å². The maximum absolute atomic E-state index is 10.3. The van der Waals surface area contributed by atoms with Gasteiger partial charge in [-0.2, -0.15) is 0 Å². The number of aliphatic hydroxyl groups is 1. The van der Waals surface area contributed by atoms with Crippen molar-refractivity contribution in [1.29, 1.82) is 0 Å². The van der Waals surface area contributed by atoms with E-state index in [4.69, 9.17) is 0 Å². The molecule has 2 rings (SSSR count). The molecular formula is C16H23NO. The van der Waals surface area contributed by atoms with Gasteiger partial charge in [-0.05, 0) is 44.1 Å². The van der Waals surface area contributed by atoms with Crippen LogP contribution in [0, 0.1) is 18.8 Å². The Morgan fingerprint density at radius 2 is 1.89 bits per heavy atom. The Bertz CT molecular complexity index is 443. The quantitative estimate of drug-likeness (QED) is 0.849. The van der Waals surface area contributed by atoms with Crippen molar-refractivity contribution in [3.63, 3.8) is 0 Å². The third kappa shape index (κ3) is 2.99. The van der Waals surface area contributed by atoms with E-state index in [0.717, 1.165) is 24.1 Å². The Morgan fingerprint density at radius 1 is 1.28 bits per heavy atom. The molecule has 0 aliphatic carbocycles. The number of rotatable bonds is 2. The third-order valence-electron chi connectivity index (χ3n) is 3.81. The summed E-state index contributed by atoms with van der Waals surface area (Å²) < 4.78 is 0. The van der Waals surface area contributed by atoms with Crippen LogP contribution in [-0.4, -0.2) is 16.5 Å².